The van der Waals surface area contributed by atoms with E-state index in [0.29, 0.717) is 6.61 Å². The second-order valence-electron chi connectivity index (χ2n) is 6.91. The number of aliphatic hydroxyl groups excluding tert-OH is 1. The maximum absolute atomic E-state index is 9.58. The van der Waals surface area contributed by atoms with E-state index in [-0.39, 0.29) is 16.7 Å². The van der Waals surface area contributed by atoms with Crippen LogP contribution in [0, 0.1) is 0 Å². The highest BCUT2D eigenvalue weighted by molar-refractivity contribution is 6.74. The van der Waals surface area contributed by atoms with Crippen LogP contribution in [0.2, 0.25) is 18.1 Å². The predicted octanol–water partition coefficient (Wildman–Crippen LogP) is 3.57. The summed E-state index contributed by atoms with van der Waals surface area (Å²) in [6, 6.07) is 0. The van der Waals surface area contributed by atoms with Gasteiger partial charge in [-0.15, -0.1) is 0 Å². The lowest BCUT2D eigenvalue weighted by molar-refractivity contribution is -0.0692. The number of aliphatic hydroxyl groups is 1. The van der Waals surface area contributed by atoms with E-state index < -0.39 is 8.32 Å². The van der Waals surface area contributed by atoms with Crippen molar-refractivity contribution in [3.8, 4) is 0 Å². The zero-order valence-corrected chi connectivity index (χ0v) is 14.5. The van der Waals surface area contributed by atoms with Crippen molar-refractivity contribution in [2.75, 3.05) is 13.7 Å². The van der Waals surface area contributed by atoms with Gasteiger partial charge in [-0.25, -0.2) is 0 Å². The molecule has 0 amide bonds. The summed E-state index contributed by atoms with van der Waals surface area (Å²) in [5.41, 5.74) is -0.234. The first-order valence-electron chi connectivity index (χ1n) is 6.84. The van der Waals surface area contributed by atoms with E-state index in [1.165, 1.54) is 0 Å². The van der Waals surface area contributed by atoms with E-state index in [1.807, 2.05) is 14.0 Å². The van der Waals surface area contributed by atoms with Crippen LogP contribution in [0.5, 0.6) is 0 Å². The van der Waals surface area contributed by atoms with E-state index in [2.05, 4.69) is 40.8 Å². The van der Waals surface area contributed by atoms with Gasteiger partial charge in [-0.1, -0.05) is 20.8 Å². The summed E-state index contributed by atoms with van der Waals surface area (Å²) in [6.07, 6.45) is 1.31. The molecule has 0 bridgehead atoms. The number of hydrogen-bond donors (Lipinski definition) is 1. The van der Waals surface area contributed by atoms with E-state index in [1.54, 1.807) is 0 Å². The van der Waals surface area contributed by atoms with Crippen LogP contribution in [-0.2, 0) is 9.16 Å². The van der Waals surface area contributed by atoms with Crippen molar-refractivity contribution >= 4 is 8.32 Å². The molecule has 1 atom stereocenters. The average Bonchev–Trinajstić information content (AvgIpc) is 2.24. The molecule has 18 heavy (non-hydrogen) atoms. The molecule has 0 rings (SSSR count). The highest BCUT2D eigenvalue weighted by Crippen LogP contribution is 2.45. The number of hydrogen-bond acceptors (Lipinski definition) is 3. The van der Waals surface area contributed by atoms with Crippen LogP contribution in [0.25, 0.3) is 0 Å². The van der Waals surface area contributed by atoms with E-state index in [0.717, 1.165) is 12.8 Å². The smallest absolute Gasteiger partial charge is 0.191 e. The van der Waals surface area contributed by atoms with Crippen molar-refractivity contribution in [1.82, 2.24) is 0 Å². The lowest BCUT2D eigenvalue weighted by Gasteiger charge is -2.43. The van der Waals surface area contributed by atoms with Crippen molar-refractivity contribution < 1.29 is 14.3 Å². The van der Waals surface area contributed by atoms with Crippen LogP contribution in [0.15, 0.2) is 0 Å². The van der Waals surface area contributed by atoms with Crippen molar-refractivity contribution in [3.05, 3.63) is 0 Å². The highest BCUT2D eigenvalue weighted by Gasteiger charge is 2.43. The Labute approximate surface area is 114 Å². The van der Waals surface area contributed by atoms with Gasteiger partial charge in [0.25, 0.3) is 0 Å². The monoisotopic (exact) mass is 276 g/mol. The summed E-state index contributed by atoms with van der Waals surface area (Å²) >= 11 is 0. The number of ether oxygens (including phenoxy) is 1. The molecule has 0 aromatic carbocycles. The van der Waals surface area contributed by atoms with Gasteiger partial charge in [0.2, 0.25) is 0 Å². The second kappa shape index (κ2) is 6.50. The topological polar surface area (TPSA) is 38.7 Å². The van der Waals surface area contributed by atoms with Crippen LogP contribution in [-0.4, -0.2) is 38.8 Å². The normalized spacial score (nSPS) is 15.8. The molecule has 1 N–H and O–H groups in total. The molecule has 0 saturated carbocycles. The Balaban J connectivity index is 4.56. The zero-order chi connectivity index (χ0) is 14.6. The van der Waals surface area contributed by atoms with Gasteiger partial charge in [0, 0.05) is 7.11 Å². The fourth-order valence-electron chi connectivity index (χ4n) is 2.04. The Morgan fingerprint density at radius 3 is 2.06 bits per heavy atom. The minimum Gasteiger partial charge on any atom is -0.420 e. The largest absolute Gasteiger partial charge is 0.420 e. The van der Waals surface area contributed by atoms with Crippen LogP contribution in [0.4, 0.5) is 0 Å². The molecular weight excluding hydrogens is 244 g/mol. The molecule has 0 aromatic rings. The van der Waals surface area contributed by atoms with Crippen LogP contribution in [0.3, 0.4) is 0 Å². The summed E-state index contributed by atoms with van der Waals surface area (Å²) in [6.45, 7) is 15.6. The molecule has 0 saturated heterocycles. The third-order valence-electron chi connectivity index (χ3n) is 4.15. The maximum atomic E-state index is 9.58. The van der Waals surface area contributed by atoms with Crippen molar-refractivity contribution in [2.45, 2.75) is 77.3 Å². The van der Waals surface area contributed by atoms with Gasteiger partial charge in [-0.2, -0.15) is 0 Å². The summed E-state index contributed by atoms with van der Waals surface area (Å²) < 4.78 is 11.6. The van der Waals surface area contributed by atoms with Gasteiger partial charge in [-0.3, -0.25) is 0 Å². The molecule has 0 aliphatic heterocycles. The molecule has 3 nitrogen and oxygen atoms in total. The van der Waals surface area contributed by atoms with Gasteiger partial charge in [0.15, 0.2) is 8.32 Å². The summed E-state index contributed by atoms with van der Waals surface area (Å²) in [5.74, 6) is 0. The van der Waals surface area contributed by atoms with Crippen molar-refractivity contribution in [2.24, 2.45) is 0 Å². The summed E-state index contributed by atoms with van der Waals surface area (Å²) in [4.78, 5) is 0. The molecule has 4 heteroatoms. The van der Waals surface area contributed by atoms with Crippen LogP contribution in [0.1, 0.15) is 47.5 Å². The highest BCUT2D eigenvalue weighted by atomic mass is 28.4. The Bertz CT molecular complexity index is 249. The van der Waals surface area contributed by atoms with Crippen LogP contribution >= 0.6 is 0 Å². The molecule has 0 spiro atoms. The lowest BCUT2D eigenvalue weighted by atomic mass is 9.95. The maximum Gasteiger partial charge on any atom is 0.191 e. The Hall–Kier alpha value is 0.0969. The van der Waals surface area contributed by atoms with E-state index in [9.17, 15) is 5.11 Å². The van der Waals surface area contributed by atoms with E-state index >= 15 is 0 Å². The average molecular weight is 276 g/mol. The minimum atomic E-state index is -1.72. The Morgan fingerprint density at radius 1 is 1.17 bits per heavy atom. The summed E-state index contributed by atoms with van der Waals surface area (Å²) in [5, 5.41) is 9.71. The predicted molar refractivity (Wildman–Crippen MR) is 79.5 cm³/mol. The van der Waals surface area contributed by atoms with E-state index in [4.69, 9.17) is 9.16 Å². The van der Waals surface area contributed by atoms with Crippen molar-refractivity contribution in [1.29, 1.82) is 0 Å². The van der Waals surface area contributed by atoms with Gasteiger partial charge < -0.3 is 14.3 Å². The third kappa shape index (κ3) is 5.39. The van der Waals surface area contributed by atoms with Gasteiger partial charge >= 0.3 is 0 Å². The standard InChI is InChI=1S/C14H32O3Si/c1-9-12(15)10-17-13(2,3)11-14(4,5)18(7,8)16-6/h12,15H,9-11H2,1-8H3. The molecule has 0 aliphatic carbocycles. The van der Waals surface area contributed by atoms with Crippen molar-refractivity contribution in [3.63, 3.8) is 0 Å². The van der Waals surface area contributed by atoms with Gasteiger partial charge in [-0.05, 0) is 44.8 Å². The molecular formula is C14H32O3Si. The molecule has 1 unspecified atom stereocenters. The fraction of sp³-hybridized carbons (Fsp3) is 1.00. The first-order chi connectivity index (χ1) is 7.97. The fourth-order valence-corrected chi connectivity index (χ4v) is 3.45. The molecule has 0 heterocycles. The summed E-state index contributed by atoms with van der Waals surface area (Å²) in [7, 11) is 0.0865. The van der Waals surface area contributed by atoms with Crippen LogP contribution < -0.4 is 0 Å². The first kappa shape index (κ1) is 18.1. The molecule has 110 valence electrons. The molecule has 0 aromatic heterocycles. The Kier molecular flexibility index (Phi) is 6.54. The lowest BCUT2D eigenvalue weighted by Crippen LogP contribution is -2.45. The Morgan fingerprint density at radius 2 is 1.67 bits per heavy atom. The molecule has 0 radical (unpaired) electrons. The van der Waals surface area contributed by atoms with Gasteiger partial charge in [0.05, 0.1) is 18.3 Å². The number of rotatable bonds is 8. The van der Waals surface area contributed by atoms with Gasteiger partial charge in [0.1, 0.15) is 0 Å². The first-order valence-corrected chi connectivity index (χ1v) is 9.75. The molecule has 0 fully saturated rings. The third-order valence-corrected chi connectivity index (χ3v) is 8.60. The molecule has 0 aliphatic rings. The quantitative estimate of drug-likeness (QED) is 0.689. The second-order valence-corrected chi connectivity index (χ2v) is 11.7. The minimum absolute atomic E-state index is 0.127. The zero-order valence-electron chi connectivity index (χ0n) is 13.5. The SMILES string of the molecule is CCC(O)COC(C)(C)CC(C)(C)[Si](C)(C)OC.